The molecule has 1 N–H and O–H groups in total. The number of likely N-dealkylation sites (N-methyl/N-ethyl adjacent to an activating group) is 1. The average molecular weight is 690 g/mol. The predicted octanol–water partition coefficient (Wildman–Crippen LogP) is 13.0. The van der Waals surface area contributed by atoms with Gasteiger partial charge >= 0.3 is 0 Å². The largest absolute Gasteiger partial charge is 0.364 e. The summed E-state index contributed by atoms with van der Waals surface area (Å²) in [5.74, 6) is 0.0724. The van der Waals surface area contributed by atoms with Gasteiger partial charge in [-0.15, -0.1) is 0 Å². The van der Waals surface area contributed by atoms with Crippen LogP contribution in [-0.2, 0) is 21.4 Å². The van der Waals surface area contributed by atoms with E-state index in [4.69, 9.17) is 0 Å². The second-order valence-electron chi connectivity index (χ2n) is 8.73. The summed E-state index contributed by atoms with van der Waals surface area (Å²) in [5.41, 5.74) is 5.60. The summed E-state index contributed by atoms with van der Waals surface area (Å²) in [5, 5.41) is 3.20. The Morgan fingerprint density at radius 3 is 1.96 bits per heavy atom. The molecule has 4 fully saturated rings. The SMILES string of the molecule is C.C.C.C.C.C.C.C.C.C.C.C.C.C.CN1C(=O)[C@@]23C[C@]4(C5=CCc6ccccc65)c5ccccc5N[C@@H]4N2C(=O)[C@@H]1SSS3. The lowest BCUT2D eigenvalue weighted by Crippen LogP contribution is -2.67. The van der Waals surface area contributed by atoms with E-state index in [0.29, 0.717) is 6.42 Å². The van der Waals surface area contributed by atoms with E-state index in [-0.39, 0.29) is 122 Å². The van der Waals surface area contributed by atoms with E-state index < -0.39 is 15.7 Å². The number of carbonyl (C=O) groups excluding carboxylic acids is 2. The number of hydrogen-bond donors (Lipinski definition) is 1. The molecular formula is C37H75N3O2S3. The number of nitrogens with one attached hydrogen (secondary N) is 1. The molecule has 5 aliphatic heterocycles. The lowest BCUT2D eigenvalue weighted by Gasteiger charge is -2.45. The van der Waals surface area contributed by atoms with Crippen LogP contribution in [0.1, 0.15) is 127 Å². The lowest BCUT2D eigenvalue weighted by atomic mass is 9.70. The highest BCUT2D eigenvalue weighted by Gasteiger charge is 2.74. The number of benzene rings is 2. The van der Waals surface area contributed by atoms with Gasteiger partial charge in [0, 0.05) is 19.2 Å². The molecule has 5 heterocycles. The number of para-hydroxylation sites is 1. The van der Waals surface area contributed by atoms with Gasteiger partial charge in [0.2, 0.25) is 0 Å². The van der Waals surface area contributed by atoms with E-state index in [1.54, 1.807) is 32.6 Å². The third-order valence-electron chi connectivity index (χ3n) is 7.40. The van der Waals surface area contributed by atoms with Crippen molar-refractivity contribution in [1.29, 1.82) is 0 Å². The highest BCUT2D eigenvalue weighted by atomic mass is 33.5. The van der Waals surface area contributed by atoms with Crippen LogP contribution in [0.5, 0.6) is 0 Å². The maximum atomic E-state index is 13.8. The molecule has 5 nitrogen and oxygen atoms in total. The van der Waals surface area contributed by atoms with E-state index in [0.717, 1.165) is 12.1 Å². The lowest BCUT2D eigenvalue weighted by molar-refractivity contribution is -0.157. The Kier molecular flexibility index (Phi) is 28.8. The summed E-state index contributed by atoms with van der Waals surface area (Å²) in [6.07, 6.45) is 3.51. The minimum absolute atomic E-state index is 0. The molecule has 1 aliphatic carbocycles. The number of fused-ring (bicyclic) bond motifs is 7. The summed E-state index contributed by atoms with van der Waals surface area (Å²) >= 11 is 0. The van der Waals surface area contributed by atoms with Crippen LogP contribution in [0.3, 0.4) is 0 Å². The van der Waals surface area contributed by atoms with Crippen molar-refractivity contribution in [2.24, 2.45) is 0 Å². The fraction of sp³-hybridized carbons (Fsp3) is 0.568. The van der Waals surface area contributed by atoms with Gasteiger partial charge in [-0.2, -0.15) is 0 Å². The van der Waals surface area contributed by atoms with Gasteiger partial charge in [-0.1, -0.05) is 153 Å². The number of piperazine rings is 1. The Hall–Kier alpha value is -2.03. The number of amides is 2. The van der Waals surface area contributed by atoms with Crippen LogP contribution in [-0.4, -0.2) is 45.1 Å². The van der Waals surface area contributed by atoms with E-state index >= 15 is 0 Å². The average Bonchev–Trinajstić information content (AvgIpc) is 3.37. The highest BCUT2D eigenvalue weighted by Crippen LogP contribution is 2.69. The Bertz CT molecular complexity index is 1220. The molecule has 0 radical (unpaired) electrons. The zero-order valence-electron chi connectivity index (χ0n) is 16.7. The molecule has 4 saturated heterocycles. The van der Waals surface area contributed by atoms with Crippen LogP contribution < -0.4 is 5.32 Å². The number of nitrogens with zero attached hydrogens (tertiary/aromatic N) is 2. The first-order chi connectivity index (χ1) is 15.1. The van der Waals surface area contributed by atoms with Crippen LogP contribution in [0.4, 0.5) is 5.69 Å². The fourth-order valence-corrected chi connectivity index (χ4v) is 11.5. The van der Waals surface area contributed by atoms with E-state index in [1.807, 2.05) is 11.0 Å². The van der Waals surface area contributed by atoms with Crippen LogP contribution in [0, 0.1) is 0 Å². The molecule has 2 aromatic carbocycles. The summed E-state index contributed by atoms with van der Waals surface area (Å²) < 4.78 is 0. The van der Waals surface area contributed by atoms with Crippen LogP contribution >= 0.6 is 31.4 Å². The molecule has 1 spiro atoms. The molecule has 268 valence electrons. The fourth-order valence-electron chi connectivity index (χ4n) is 6.13. The van der Waals surface area contributed by atoms with Crippen molar-refractivity contribution in [2.75, 3.05) is 12.4 Å². The molecule has 2 bridgehead atoms. The van der Waals surface area contributed by atoms with Crippen molar-refractivity contribution in [1.82, 2.24) is 9.80 Å². The van der Waals surface area contributed by atoms with Gasteiger partial charge in [0.05, 0.1) is 5.41 Å². The van der Waals surface area contributed by atoms with Crippen LogP contribution in [0.2, 0.25) is 0 Å². The van der Waals surface area contributed by atoms with Gasteiger partial charge in [0.1, 0.15) is 6.17 Å². The number of anilines is 1. The Morgan fingerprint density at radius 1 is 0.778 bits per heavy atom. The molecule has 8 heteroatoms. The van der Waals surface area contributed by atoms with Crippen molar-refractivity contribution < 1.29 is 9.59 Å². The summed E-state index contributed by atoms with van der Waals surface area (Å²) in [4.78, 5) is 30.2. The normalized spacial score (nSPS) is 23.9. The minimum Gasteiger partial charge on any atom is -0.364 e. The summed E-state index contributed by atoms with van der Waals surface area (Å²) in [6.45, 7) is 0. The van der Waals surface area contributed by atoms with Gasteiger partial charge < -0.3 is 10.2 Å². The molecule has 45 heavy (non-hydrogen) atoms. The van der Waals surface area contributed by atoms with Crippen molar-refractivity contribution in [3.63, 3.8) is 0 Å². The Morgan fingerprint density at radius 2 is 1.33 bits per heavy atom. The molecule has 2 aromatic rings. The van der Waals surface area contributed by atoms with Crippen molar-refractivity contribution in [3.8, 4) is 0 Å². The van der Waals surface area contributed by atoms with Crippen LogP contribution in [0.25, 0.3) is 5.57 Å². The first kappa shape index (κ1) is 61.9. The second-order valence-corrected chi connectivity index (χ2v) is 13.1. The van der Waals surface area contributed by atoms with Gasteiger partial charge in [-0.3, -0.25) is 14.5 Å². The van der Waals surface area contributed by atoms with Crippen molar-refractivity contribution >= 4 is 54.5 Å². The topological polar surface area (TPSA) is 52.7 Å². The van der Waals surface area contributed by atoms with Crippen LogP contribution in [0.15, 0.2) is 54.6 Å². The molecule has 0 saturated carbocycles. The smallest absolute Gasteiger partial charge is 0.261 e. The molecule has 0 aromatic heterocycles. The third kappa shape index (κ3) is 7.28. The first-order valence-electron chi connectivity index (χ1n) is 10.3. The standard InChI is InChI=1S/C23H19N3O2S3.14CH4/c1-25-19-18(27)26-20-22(16-8-4-5-9-17(16)24-20,12-23(26,21(25)28)30-31-29-19)15-11-10-13-6-2-3-7-14(13)15;;;;;;;;;;;;;;/h2-9,11,19-20,24H,10,12H2,1H3;14*1H4/t19-,20+,22-,23-;;;;;;;;;;;;;;/m0............../s1. The van der Waals surface area contributed by atoms with Crippen molar-refractivity contribution in [2.45, 2.75) is 139 Å². The molecule has 6 aliphatic rings. The quantitative estimate of drug-likeness (QED) is 0.301. The number of rotatable bonds is 1. The molecule has 8 rings (SSSR count). The Labute approximate surface area is 295 Å². The van der Waals surface area contributed by atoms with Gasteiger partial charge in [-0.05, 0) is 66.2 Å². The summed E-state index contributed by atoms with van der Waals surface area (Å²) in [6, 6.07) is 16.9. The van der Waals surface area contributed by atoms with E-state index in [1.165, 1.54) is 33.1 Å². The Balaban J connectivity index is -0.000000163. The van der Waals surface area contributed by atoms with Gasteiger partial charge in [0.15, 0.2) is 10.2 Å². The molecule has 0 unspecified atom stereocenters. The first-order valence-corrected chi connectivity index (χ1v) is 13.9. The zero-order chi connectivity index (χ0) is 21.0. The summed E-state index contributed by atoms with van der Waals surface area (Å²) in [7, 11) is 6.40. The highest BCUT2D eigenvalue weighted by molar-refractivity contribution is 9.10. The molecule has 2 amide bonds. The minimum atomic E-state index is -0.903. The van der Waals surface area contributed by atoms with E-state index in [2.05, 4.69) is 53.9 Å². The maximum Gasteiger partial charge on any atom is 0.261 e. The van der Waals surface area contributed by atoms with Crippen molar-refractivity contribution in [3.05, 3.63) is 71.3 Å². The monoisotopic (exact) mass is 690 g/mol. The molecule has 4 atom stereocenters. The number of carbonyl (C=O) groups is 2. The second kappa shape index (κ2) is 21.0. The molecular weight excluding hydrogens is 615 g/mol. The number of allylic oxidation sites excluding steroid dienone is 1. The van der Waals surface area contributed by atoms with Gasteiger partial charge in [0.25, 0.3) is 11.8 Å². The third-order valence-corrected chi connectivity index (χ3v) is 12.2. The predicted molar refractivity (Wildman–Crippen MR) is 221 cm³/mol. The van der Waals surface area contributed by atoms with E-state index in [9.17, 15) is 9.59 Å². The zero-order valence-corrected chi connectivity index (χ0v) is 19.2. The number of hydrogen-bond acceptors (Lipinski definition) is 6. The van der Waals surface area contributed by atoms with Gasteiger partial charge in [-0.25, -0.2) is 0 Å². The maximum absolute atomic E-state index is 13.8.